The van der Waals surface area contributed by atoms with Crippen molar-refractivity contribution in [3.8, 4) is 12.1 Å². The second-order valence-electron chi connectivity index (χ2n) is 7.97. The zero-order valence-electron chi connectivity index (χ0n) is 15.0. The zero-order chi connectivity index (χ0) is 19.3. The van der Waals surface area contributed by atoms with Crippen LogP contribution in [0.2, 0.25) is 0 Å². The number of likely N-dealkylation sites (N-methyl/N-ethyl adjacent to an activating group) is 1. The van der Waals surface area contributed by atoms with Gasteiger partial charge >= 0.3 is 0 Å². The molecule has 0 aromatic heterocycles. The number of rotatable bonds is 2. The summed E-state index contributed by atoms with van der Waals surface area (Å²) in [5, 5.41) is 32.3. The number of carbonyl (C=O) groups is 2. The molecular formula is C20H20N3O3-. The highest BCUT2D eigenvalue weighted by atomic mass is 16.3. The fourth-order valence-corrected chi connectivity index (χ4v) is 4.68. The Morgan fingerprint density at radius 1 is 1.23 bits per heavy atom. The van der Waals surface area contributed by atoms with Gasteiger partial charge < -0.3 is 10.0 Å². The molecule has 1 saturated carbocycles. The van der Waals surface area contributed by atoms with E-state index in [1.807, 2.05) is 26.0 Å². The van der Waals surface area contributed by atoms with Gasteiger partial charge in [-0.05, 0) is 17.0 Å². The summed E-state index contributed by atoms with van der Waals surface area (Å²) in [6, 6.07) is 10.6. The van der Waals surface area contributed by atoms with Crippen molar-refractivity contribution >= 4 is 17.4 Å². The van der Waals surface area contributed by atoms with Crippen LogP contribution in [0.15, 0.2) is 24.3 Å². The Morgan fingerprint density at radius 2 is 1.85 bits per heavy atom. The topological polar surface area (TPSA) is 108 Å². The molecule has 1 aromatic rings. The summed E-state index contributed by atoms with van der Waals surface area (Å²) < 4.78 is 0. The van der Waals surface area contributed by atoms with Gasteiger partial charge in [-0.3, -0.25) is 9.59 Å². The molecule has 1 amide bonds. The fourth-order valence-electron chi connectivity index (χ4n) is 4.68. The molecule has 3 rings (SSSR count). The normalized spacial score (nSPS) is 30.0. The molecule has 134 valence electrons. The number of amides is 1. The van der Waals surface area contributed by atoms with Gasteiger partial charge in [-0.2, -0.15) is 10.5 Å². The number of nitrogens with zero attached hydrogens (tertiary/aromatic N) is 3. The highest BCUT2D eigenvalue weighted by Gasteiger charge is 2.63. The fraction of sp³-hybridized carbons (Fsp3) is 0.500. The number of anilines is 1. The number of hydrogen-bond acceptors (Lipinski definition) is 5. The predicted molar refractivity (Wildman–Crippen MR) is 91.5 cm³/mol. The molecule has 0 N–H and O–H groups in total. The van der Waals surface area contributed by atoms with Gasteiger partial charge in [-0.1, -0.05) is 38.5 Å². The van der Waals surface area contributed by atoms with E-state index in [1.54, 1.807) is 31.3 Å². The van der Waals surface area contributed by atoms with Gasteiger partial charge in [-0.15, -0.1) is 6.10 Å². The minimum Gasteiger partial charge on any atom is -0.851 e. The Morgan fingerprint density at radius 3 is 2.42 bits per heavy atom. The monoisotopic (exact) mass is 350 g/mol. The number of nitriles is 2. The molecule has 3 atom stereocenters. The highest BCUT2D eigenvalue weighted by Crippen LogP contribution is 2.54. The smallest absolute Gasteiger partial charge is 0.240 e. The van der Waals surface area contributed by atoms with Crippen LogP contribution in [-0.4, -0.2) is 24.8 Å². The number of ketones is 1. The Balaban J connectivity index is 2.30. The summed E-state index contributed by atoms with van der Waals surface area (Å²) >= 11 is 0. The van der Waals surface area contributed by atoms with Crippen LogP contribution in [0.3, 0.4) is 0 Å². The van der Waals surface area contributed by atoms with Gasteiger partial charge in [0, 0.05) is 25.1 Å². The zero-order valence-corrected chi connectivity index (χ0v) is 15.0. The van der Waals surface area contributed by atoms with E-state index in [-0.39, 0.29) is 18.6 Å². The number of benzene rings is 1. The standard InChI is InChI=1S/C20H20N3O3/c1-19(2)8-15(24)17(16(25)9-19)20(12(10-21)11-22)13-6-4-5-7-14(13)23(3)18(20)26/h4-7,12,15,17H,8-9H2,1-3H3/q-1/t15?,17?,20-/m1/s1. The molecule has 0 bridgehead atoms. The first-order valence-corrected chi connectivity index (χ1v) is 8.56. The highest BCUT2D eigenvalue weighted by molar-refractivity contribution is 6.11. The average Bonchev–Trinajstić information content (AvgIpc) is 2.78. The van der Waals surface area contributed by atoms with Crippen LogP contribution in [0.5, 0.6) is 0 Å². The quantitative estimate of drug-likeness (QED) is 0.799. The van der Waals surface area contributed by atoms with Gasteiger partial charge in [0.15, 0.2) is 5.92 Å². The lowest BCUT2D eigenvalue weighted by molar-refractivity contribution is -0.440. The molecule has 1 heterocycles. The third kappa shape index (κ3) is 2.26. The summed E-state index contributed by atoms with van der Waals surface area (Å²) in [6.45, 7) is 3.70. The van der Waals surface area contributed by atoms with E-state index in [9.17, 15) is 25.2 Å². The lowest BCUT2D eigenvalue weighted by Gasteiger charge is -2.50. The molecule has 2 unspecified atom stereocenters. The van der Waals surface area contributed by atoms with Crippen molar-refractivity contribution in [2.24, 2.45) is 17.3 Å². The van der Waals surface area contributed by atoms with Crippen molar-refractivity contribution in [1.82, 2.24) is 0 Å². The van der Waals surface area contributed by atoms with Crippen LogP contribution in [0.25, 0.3) is 0 Å². The first-order valence-electron chi connectivity index (χ1n) is 8.56. The first-order chi connectivity index (χ1) is 12.2. The molecule has 0 saturated heterocycles. The molecule has 1 aliphatic heterocycles. The minimum atomic E-state index is -1.74. The number of para-hydroxylation sites is 1. The van der Waals surface area contributed by atoms with Gasteiger partial charge in [0.25, 0.3) is 0 Å². The molecule has 6 nitrogen and oxygen atoms in total. The van der Waals surface area contributed by atoms with E-state index in [2.05, 4.69) is 0 Å². The van der Waals surface area contributed by atoms with Crippen LogP contribution < -0.4 is 10.0 Å². The summed E-state index contributed by atoms with van der Waals surface area (Å²) in [5.74, 6) is -3.49. The molecule has 6 heteroatoms. The summed E-state index contributed by atoms with van der Waals surface area (Å²) in [7, 11) is 1.55. The maximum absolute atomic E-state index is 13.3. The van der Waals surface area contributed by atoms with Crippen molar-refractivity contribution in [2.45, 2.75) is 38.2 Å². The second kappa shape index (κ2) is 5.93. The lowest BCUT2D eigenvalue weighted by Crippen LogP contribution is -2.61. The van der Waals surface area contributed by atoms with E-state index in [0.29, 0.717) is 11.3 Å². The average molecular weight is 350 g/mol. The van der Waals surface area contributed by atoms with Crippen LogP contribution in [0.4, 0.5) is 5.69 Å². The predicted octanol–water partition coefficient (Wildman–Crippen LogP) is 1.30. The van der Waals surface area contributed by atoms with E-state index in [4.69, 9.17) is 0 Å². The summed E-state index contributed by atoms with van der Waals surface area (Å²) in [6.07, 6.45) is -0.978. The molecule has 2 aliphatic rings. The maximum Gasteiger partial charge on any atom is 0.240 e. The van der Waals surface area contributed by atoms with Crippen molar-refractivity contribution < 1.29 is 14.7 Å². The molecule has 0 spiro atoms. The van der Waals surface area contributed by atoms with E-state index >= 15 is 0 Å². The van der Waals surface area contributed by atoms with E-state index < -0.39 is 34.7 Å². The van der Waals surface area contributed by atoms with E-state index in [0.717, 1.165) is 0 Å². The Labute approximate surface area is 152 Å². The van der Waals surface area contributed by atoms with Crippen LogP contribution in [0, 0.1) is 39.9 Å². The maximum atomic E-state index is 13.3. The second-order valence-corrected chi connectivity index (χ2v) is 7.97. The molecule has 0 radical (unpaired) electrons. The number of hydrogen-bond donors (Lipinski definition) is 0. The first kappa shape index (κ1) is 18.1. The van der Waals surface area contributed by atoms with Crippen molar-refractivity contribution in [3.05, 3.63) is 29.8 Å². The van der Waals surface area contributed by atoms with Gasteiger partial charge in [-0.25, -0.2) is 0 Å². The number of fused-ring (bicyclic) bond motifs is 1. The van der Waals surface area contributed by atoms with Crippen molar-refractivity contribution in [3.63, 3.8) is 0 Å². The van der Waals surface area contributed by atoms with Crippen molar-refractivity contribution in [2.75, 3.05) is 11.9 Å². The third-order valence-electron chi connectivity index (χ3n) is 5.70. The molecule has 1 fully saturated rings. The van der Waals surface area contributed by atoms with E-state index in [1.165, 1.54) is 4.90 Å². The minimum absolute atomic E-state index is 0.154. The number of Topliss-reactive ketones (excluding diaryl/α,β-unsaturated/α-hetero) is 1. The van der Waals surface area contributed by atoms with Gasteiger partial charge in [0.05, 0.1) is 12.1 Å². The molecule has 1 aromatic carbocycles. The molecule has 1 aliphatic carbocycles. The Hall–Kier alpha value is -2.70. The Bertz CT molecular complexity index is 850. The summed E-state index contributed by atoms with van der Waals surface area (Å²) in [4.78, 5) is 27.7. The molecule has 26 heavy (non-hydrogen) atoms. The van der Waals surface area contributed by atoms with Gasteiger partial charge in [0.1, 0.15) is 11.2 Å². The van der Waals surface area contributed by atoms with Crippen LogP contribution in [-0.2, 0) is 15.0 Å². The molecular weight excluding hydrogens is 330 g/mol. The van der Waals surface area contributed by atoms with Crippen LogP contribution >= 0.6 is 0 Å². The lowest BCUT2D eigenvalue weighted by atomic mass is 9.55. The third-order valence-corrected chi connectivity index (χ3v) is 5.70. The van der Waals surface area contributed by atoms with Gasteiger partial charge in [0.2, 0.25) is 5.91 Å². The summed E-state index contributed by atoms with van der Waals surface area (Å²) in [5.41, 5.74) is -1.23. The van der Waals surface area contributed by atoms with Crippen LogP contribution in [0.1, 0.15) is 32.3 Å². The SMILES string of the molecule is CN1C(=O)[C@@](C(C#N)C#N)(C2C(=O)CC(C)(C)CC2[O-])c2ccccc21. The largest absolute Gasteiger partial charge is 0.851 e. The number of carbonyl (C=O) groups excluding carboxylic acids is 2. The van der Waals surface area contributed by atoms with Crippen molar-refractivity contribution in [1.29, 1.82) is 10.5 Å². The Kier molecular flexibility index (Phi) is 4.13.